The summed E-state index contributed by atoms with van der Waals surface area (Å²) in [6.07, 6.45) is 5.06. The van der Waals surface area contributed by atoms with E-state index in [1.807, 2.05) is 24.9 Å². The molecule has 2 N–H and O–H groups in total. The van der Waals surface area contributed by atoms with Crippen LogP contribution < -0.4 is 10.6 Å². The summed E-state index contributed by atoms with van der Waals surface area (Å²) in [6, 6.07) is 0.119. The normalized spacial score (nSPS) is 21.6. The zero-order valence-electron chi connectivity index (χ0n) is 11.5. The first-order chi connectivity index (χ1) is 9.16. The Morgan fingerprint density at radius 2 is 2.32 bits per heavy atom. The van der Waals surface area contributed by atoms with Crippen molar-refractivity contribution in [3.8, 4) is 0 Å². The van der Waals surface area contributed by atoms with Crippen LogP contribution in [0.4, 0.5) is 0 Å². The van der Waals surface area contributed by atoms with Crippen molar-refractivity contribution >= 4 is 5.91 Å². The summed E-state index contributed by atoms with van der Waals surface area (Å²) in [5.41, 5.74) is 4.54. The van der Waals surface area contributed by atoms with E-state index < -0.39 is 0 Å². The molecule has 1 aromatic rings. The maximum Gasteiger partial charge on any atom is 0.247 e. The number of carbonyl (C=O) groups is 1. The molecule has 102 valence electrons. The summed E-state index contributed by atoms with van der Waals surface area (Å²) in [5.74, 6) is 0.0678. The highest BCUT2D eigenvalue weighted by Crippen LogP contribution is 2.29. The van der Waals surface area contributed by atoms with Crippen molar-refractivity contribution in [3.63, 3.8) is 0 Å². The molecule has 1 saturated heterocycles. The van der Waals surface area contributed by atoms with Crippen LogP contribution in [-0.2, 0) is 18.3 Å². The molecule has 0 bridgehead atoms. The summed E-state index contributed by atoms with van der Waals surface area (Å²) in [5, 5.41) is 10.6. The molecular formula is C14H20N4O. The van der Waals surface area contributed by atoms with Crippen molar-refractivity contribution < 1.29 is 4.79 Å². The number of hydrogen-bond donors (Lipinski definition) is 2. The van der Waals surface area contributed by atoms with E-state index in [2.05, 4.69) is 15.7 Å². The lowest BCUT2D eigenvalue weighted by atomic mass is 9.92. The first kappa shape index (κ1) is 12.4. The lowest BCUT2D eigenvalue weighted by molar-refractivity contribution is -0.118. The highest BCUT2D eigenvalue weighted by molar-refractivity contribution is 5.94. The quantitative estimate of drug-likeness (QED) is 0.775. The van der Waals surface area contributed by atoms with Crippen molar-refractivity contribution in [2.45, 2.75) is 32.2 Å². The molecule has 2 aliphatic rings. The molecule has 0 saturated carbocycles. The zero-order valence-corrected chi connectivity index (χ0v) is 11.5. The number of nitrogens with one attached hydrogen (secondary N) is 2. The first-order valence-corrected chi connectivity index (χ1v) is 6.88. The first-order valence-electron chi connectivity index (χ1n) is 6.88. The molecule has 5 nitrogen and oxygen atoms in total. The van der Waals surface area contributed by atoms with Gasteiger partial charge in [0.15, 0.2) is 0 Å². The minimum atomic E-state index is 0.0678. The second-order valence-corrected chi connectivity index (χ2v) is 5.42. The van der Waals surface area contributed by atoms with Gasteiger partial charge in [-0.2, -0.15) is 5.10 Å². The summed E-state index contributed by atoms with van der Waals surface area (Å²) < 4.78 is 1.93. The summed E-state index contributed by atoms with van der Waals surface area (Å²) >= 11 is 0. The Kier molecular flexibility index (Phi) is 3.14. The van der Waals surface area contributed by atoms with Crippen molar-refractivity contribution in [3.05, 3.63) is 28.6 Å². The van der Waals surface area contributed by atoms with Crippen molar-refractivity contribution in [1.82, 2.24) is 20.4 Å². The number of rotatable bonds is 2. The molecule has 0 aromatic carbocycles. The van der Waals surface area contributed by atoms with Crippen LogP contribution in [-0.4, -0.2) is 28.8 Å². The van der Waals surface area contributed by atoms with Crippen molar-refractivity contribution in [2.24, 2.45) is 7.05 Å². The fourth-order valence-corrected chi connectivity index (χ4v) is 2.80. The van der Waals surface area contributed by atoms with Gasteiger partial charge in [-0.15, -0.1) is 0 Å². The van der Waals surface area contributed by atoms with E-state index in [0.717, 1.165) is 37.9 Å². The number of amides is 1. The predicted octanol–water partition coefficient (Wildman–Crippen LogP) is 0.833. The minimum Gasteiger partial charge on any atom is -0.345 e. The van der Waals surface area contributed by atoms with Gasteiger partial charge in [0.2, 0.25) is 5.91 Å². The fraction of sp³-hybridized carbons (Fsp3) is 0.571. The Hall–Kier alpha value is -1.62. The van der Waals surface area contributed by atoms with Crippen LogP contribution in [0.15, 0.2) is 17.3 Å². The summed E-state index contributed by atoms with van der Waals surface area (Å²) in [4.78, 5) is 12.2. The molecule has 0 spiro atoms. The van der Waals surface area contributed by atoms with Crippen molar-refractivity contribution in [1.29, 1.82) is 0 Å². The fourth-order valence-electron chi connectivity index (χ4n) is 2.80. The molecule has 1 fully saturated rings. The van der Waals surface area contributed by atoms with E-state index in [1.54, 1.807) is 0 Å². The van der Waals surface area contributed by atoms with Gasteiger partial charge in [0.1, 0.15) is 0 Å². The molecule has 5 heteroatoms. The third kappa shape index (κ3) is 2.18. The number of nitrogens with zero attached hydrogens (tertiary/aromatic N) is 2. The third-order valence-corrected chi connectivity index (χ3v) is 4.23. The Labute approximate surface area is 113 Å². The predicted molar refractivity (Wildman–Crippen MR) is 72.6 cm³/mol. The average Bonchev–Trinajstić information content (AvgIpc) is 2.70. The van der Waals surface area contributed by atoms with Gasteiger partial charge in [0.25, 0.3) is 0 Å². The maximum atomic E-state index is 12.2. The van der Waals surface area contributed by atoms with Crippen LogP contribution in [0.2, 0.25) is 0 Å². The maximum absolute atomic E-state index is 12.2. The molecule has 1 aliphatic heterocycles. The molecule has 1 unspecified atom stereocenters. The highest BCUT2D eigenvalue weighted by atomic mass is 16.1. The van der Waals surface area contributed by atoms with E-state index in [4.69, 9.17) is 0 Å². The number of aryl methyl sites for hydroxylation is 1. The van der Waals surface area contributed by atoms with Crippen LogP contribution in [0.1, 0.15) is 37.1 Å². The Morgan fingerprint density at radius 1 is 1.53 bits per heavy atom. The van der Waals surface area contributed by atoms with E-state index >= 15 is 0 Å². The Balaban J connectivity index is 1.76. The highest BCUT2D eigenvalue weighted by Gasteiger charge is 2.26. The van der Waals surface area contributed by atoms with Gasteiger partial charge in [-0.25, -0.2) is 0 Å². The lowest BCUT2D eigenvalue weighted by Gasteiger charge is -2.26. The largest absolute Gasteiger partial charge is 0.345 e. The van der Waals surface area contributed by atoms with Crippen LogP contribution in [0, 0.1) is 0 Å². The SMILES string of the molecule is CC(C(=O)NC1CCCc2c1cnn2C)=C1CNC1. The molecule has 0 radical (unpaired) electrons. The van der Waals surface area contributed by atoms with E-state index in [0.29, 0.717) is 0 Å². The Morgan fingerprint density at radius 3 is 3.00 bits per heavy atom. The molecule has 19 heavy (non-hydrogen) atoms. The van der Waals surface area contributed by atoms with Gasteiger partial charge in [-0.05, 0) is 31.8 Å². The summed E-state index contributed by atoms with van der Waals surface area (Å²) in [6.45, 7) is 3.61. The molecule has 1 aromatic heterocycles. The zero-order chi connectivity index (χ0) is 13.4. The minimum absolute atomic E-state index is 0.0678. The van der Waals surface area contributed by atoms with Crippen LogP contribution in [0.25, 0.3) is 0 Å². The Bertz CT molecular complexity index is 538. The molecule has 3 rings (SSSR count). The number of fused-ring (bicyclic) bond motifs is 1. The van der Waals surface area contributed by atoms with Gasteiger partial charge < -0.3 is 10.6 Å². The second-order valence-electron chi connectivity index (χ2n) is 5.42. The van der Waals surface area contributed by atoms with E-state index in [-0.39, 0.29) is 11.9 Å². The van der Waals surface area contributed by atoms with Crippen LogP contribution in [0.3, 0.4) is 0 Å². The molecular weight excluding hydrogens is 240 g/mol. The number of hydrogen-bond acceptors (Lipinski definition) is 3. The topological polar surface area (TPSA) is 59.0 Å². The van der Waals surface area contributed by atoms with Gasteiger partial charge in [-0.3, -0.25) is 9.48 Å². The van der Waals surface area contributed by atoms with Gasteiger partial charge >= 0.3 is 0 Å². The van der Waals surface area contributed by atoms with Gasteiger partial charge in [-0.1, -0.05) is 0 Å². The lowest BCUT2D eigenvalue weighted by Crippen LogP contribution is -2.38. The summed E-state index contributed by atoms with van der Waals surface area (Å²) in [7, 11) is 1.97. The molecule has 1 atom stereocenters. The van der Waals surface area contributed by atoms with Gasteiger partial charge in [0.05, 0.1) is 12.2 Å². The number of carbonyl (C=O) groups excluding carboxylic acids is 1. The average molecular weight is 260 g/mol. The smallest absolute Gasteiger partial charge is 0.247 e. The van der Waals surface area contributed by atoms with Gasteiger partial charge in [0, 0.05) is 37.0 Å². The van der Waals surface area contributed by atoms with Crippen LogP contribution in [0.5, 0.6) is 0 Å². The molecule has 2 heterocycles. The standard InChI is InChI=1S/C14H20N4O/c1-9(10-6-15-7-10)14(19)17-12-4-3-5-13-11(12)8-16-18(13)2/h8,12,15H,3-7H2,1-2H3,(H,17,19). The van der Waals surface area contributed by atoms with E-state index in [1.165, 1.54) is 16.8 Å². The number of aromatic nitrogens is 2. The molecule has 1 amide bonds. The monoisotopic (exact) mass is 260 g/mol. The van der Waals surface area contributed by atoms with E-state index in [9.17, 15) is 4.79 Å². The van der Waals surface area contributed by atoms with Crippen molar-refractivity contribution in [2.75, 3.05) is 13.1 Å². The molecule has 1 aliphatic carbocycles. The van der Waals surface area contributed by atoms with Crippen LogP contribution >= 0.6 is 0 Å². The second kappa shape index (κ2) is 4.81. The third-order valence-electron chi connectivity index (χ3n) is 4.23.